The molecular weight excluding hydrogens is 856 g/mol. The minimum atomic E-state index is -4.74. The molecule has 0 saturated carbocycles. The average Bonchev–Trinajstić information content (AvgIpc) is 3.30. The normalized spacial score (nSPS) is 13.7. The first-order chi connectivity index (χ1) is 32.2. The van der Waals surface area contributed by atoms with Crippen LogP contribution in [-0.2, 0) is 42.2 Å². The summed E-state index contributed by atoms with van der Waals surface area (Å²) < 4.78 is 39.3. The van der Waals surface area contributed by atoms with E-state index in [0.717, 1.165) is 103 Å². The van der Waals surface area contributed by atoms with Gasteiger partial charge in [-0.2, -0.15) is 0 Å². The number of allylic oxidation sites excluding steroid dienone is 6. The fourth-order valence-electron chi connectivity index (χ4n) is 7.31. The van der Waals surface area contributed by atoms with Crippen molar-refractivity contribution >= 4 is 25.7 Å². The SMILES string of the molecule is CCCC/C=C\CCCCCCCC(=O)OC(CO)COP(=O)(O)OCC(COC(=O)CCCCCCCCC/C=C\CCCCCCCC)OC(=O)CCCCCCC/C=C\CCCC. The molecule has 0 heterocycles. The predicted molar refractivity (Wildman–Crippen MR) is 270 cm³/mol. The molecule has 0 aliphatic rings. The topological polar surface area (TPSA) is 155 Å². The summed E-state index contributed by atoms with van der Waals surface area (Å²) in [6.07, 6.45) is 48.3. The van der Waals surface area contributed by atoms with Crippen LogP contribution in [0.4, 0.5) is 0 Å². The van der Waals surface area contributed by atoms with E-state index in [1.54, 1.807) is 0 Å². The van der Waals surface area contributed by atoms with Gasteiger partial charge in [-0.25, -0.2) is 4.57 Å². The third kappa shape index (κ3) is 46.8. The quantitative estimate of drug-likeness (QED) is 0.0197. The fraction of sp³-hybridized carbons (Fsp3) is 0.833. The first-order valence-electron chi connectivity index (χ1n) is 26.9. The average molecular weight is 955 g/mol. The van der Waals surface area contributed by atoms with Crippen LogP contribution in [0, 0.1) is 0 Å². The second-order valence-electron chi connectivity index (χ2n) is 18.0. The molecule has 3 atom stereocenters. The van der Waals surface area contributed by atoms with Gasteiger partial charge < -0.3 is 24.2 Å². The number of esters is 3. The Hall–Kier alpha value is -2.30. The molecule has 0 aliphatic heterocycles. The number of hydrogen-bond acceptors (Lipinski definition) is 10. The summed E-state index contributed by atoms with van der Waals surface area (Å²) in [6, 6.07) is 0. The third-order valence-corrected chi connectivity index (χ3v) is 12.5. The van der Waals surface area contributed by atoms with Crippen LogP contribution < -0.4 is 0 Å². The van der Waals surface area contributed by atoms with E-state index in [9.17, 15) is 28.9 Å². The summed E-state index contributed by atoms with van der Waals surface area (Å²) >= 11 is 0. The van der Waals surface area contributed by atoms with Crippen molar-refractivity contribution in [1.82, 2.24) is 0 Å². The lowest BCUT2D eigenvalue weighted by atomic mass is 10.1. The maximum absolute atomic E-state index is 12.8. The molecule has 0 spiro atoms. The summed E-state index contributed by atoms with van der Waals surface area (Å²) in [5.74, 6) is -1.48. The standard InChI is InChI=1S/C54H99O11P/c1-4-7-10-13-16-19-22-23-24-25-26-27-30-31-34-37-40-43-52(56)61-47-51(65-54(58)45-42-39-36-33-29-21-18-15-12-9-6-3)49-63-66(59,60)62-48-50(46-55)64-53(57)44-41-38-35-32-28-20-17-14-11-8-5-2/h14-15,17-18,23-24,50-51,55H,4-13,16,19-22,25-49H2,1-3H3,(H,59,60)/b17-14-,18-15-,24-23-. The highest BCUT2D eigenvalue weighted by Gasteiger charge is 2.28. The first-order valence-corrected chi connectivity index (χ1v) is 28.4. The second-order valence-corrected chi connectivity index (χ2v) is 19.5. The maximum Gasteiger partial charge on any atom is 0.472 e. The van der Waals surface area contributed by atoms with Gasteiger partial charge in [-0.3, -0.25) is 23.4 Å². The third-order valence-electron chi connectivity index (χ3n) is 11.5. The van der Waals surface area contributed by atoms with Gasteiger partial charge in [0.05, 0.1) is 19.8 Å². The summed E-state index contributed by atoms with van der Waals surface area (Å²) in [5.41, 5.74) is 0. The van der Waals surface area contributed by atoms with Crippen LogP contribution in [-0.4, -0.2) is 66.5 Å². The number of unbranched alkanes of at least 4 members (excludes halogenated alkanes) is 27. The van der Waals surface area contributed by atoms with Crippen molar-refractivity contribution in [3.63, 3.8) is 0 Å². The van der Waals surface area contributed by atoms with Gasteiger partial charge in [-0.05, 0) is 83.5 Å². The molecule has 0 aromatic heterocycles. The lowest BCUT2D eigenvalue weighted by molar-refractivity contribution is -0.161. The van der Waals surface area contributed by atoms with Crippen LogP contribution in [0.25, 0.3) is 0 Å². The highest BCUT2D eigenvalue weighted by Crippen LogP contribution is 2.43. The molecule has 0 aliphatic carbocycles. The van der Waals surface area contributed by atoms with E-state index in [2.05, 4.69) is 57.2 Å². The Morgan fingerprint density at radius 3 is 1.09 bits per heavy atom. The molecular formula is C54H99O11P. The number of phosphoric acid groups is 1. The number of aliphatic hydroxyl groups is 1. The number of carbonyl (C=O) groups excluding carboxylic acids is 3. The van der Waals surface area contributed by atoms with E-state index in [-0.39, 0.29) is 25.9 Å². The van der Waals surface area contributed by atoms with Gasteiger partial charge in [0, 0.05) is 19.3 Å². The minimum Gasteiger partial charge on any atom is -0.462 e. The molecule has 66 heavy (non-hydrogen) atoms. The summed E-state index contributed by atoms with van der Waals surface area (Å²) in [5, 5.41) is 9.76. The van der Waals surface area contributed by atoms with E-state index < -0.39 is 57.8 Å². The maximum atomic E-state index is 12.8. The molecule has 3 unspecified atom stereocenters. The zero-order valence-electron chi connectivity index (χ0n) is 42.4. The van der Waals surface area contributed by atoms with E-state index in [1.807, 2.05) is 0 Å². The fourth-order valence-corrected chi connectivity index (χ4v) is 8.10. The van der Waals surface area contributed by atoms with Gasteiger partial charge in [0.25, 0.3) is 0 Å². The van der Waals surface area contributed by atoms with Crippen molar-refractivity contribution in [2.75, 3.05) is 26.4 Å². The molecule has 386 valence electrons. The second kappa shape index (κ2) is 49.1. The molecule has 0 bridgehead atoms. The van der Waals surface area contributed by atoms with Crippen molar-refractivity contribution in [1.29, 1.82) is 0 Å². The van der Waals surface area contributed by atoms with Crippen molar-refractivity contribution in [3.8, 4) is 0 Å². The van der Waals surface area contributed by atoms with Gasteiger partial charge >= 0.3 is 25.7 Å². The van der Waals surface area contributed by atoms with Crippen LogP contribution >= 0.6 is 7.82 Å². The Morgan fingerprint density at radius 1 is 0.409 bits per heavy atom. The predicted octanol–water partition coefficient (Wildman–Crippen LogP) is 15.3. The largest absolute Gasteiger partial charge is 0.472 e. The van der Waals surface area contributed by atoms with Crippen LogP contribution in [0.3, 0.4) is 0 Å². The molecule has 2 N–H and O–H groups in total. The zero-order valence-corrected chi connectivity index (χ0v) is 43.3. The first kappa shape index (κ1) is 63.7. The lowest BCUT2D eigenvalue weighted by Gasteiger charge is -2.21. The van der Waals surface area contributed by atoms with Gasteiger partial charge in [-0.1, -0.05) is 186 Å². The minimum absolute atomic E-state index is 0.158. The highest BCUT2D eigenvalue weighted by atomic mass is 31.2. The Bertz CT molecular complexity index is 1250. The van der Waals surface area contributed by atoms with Gasteiger partial charge in [-0.15, -0.1) is 0 Å². The van der Waals surface area contributed by atoms with Crippen LogP contribution in [0.2, 0.25) is 0 Å². The van der Waals surface area contributed by atoms with Crippen molar-refractivity contribution in [3.05, 3.63) is 36.5 Å². The number of ether oxygens (including phenoxy) is 3. The molecule has 0 saturated heterocycles. The number of phosphoric ester groups is 1. The highest BCUT2D eigenvalue weighted by molar-refractivity contribution is 7.47. The Morgan fingerprint density at radius 2 is 0.712 bits per heavy atom. The molecule has 0 radical (unpaired) electrons. The Labute approximate surface area is 403 Å². The number of aliphatic hydroxyl groups excluding tert-OH is 1. The van der Waals surface area contributed by atoms with Gasteiger partial charge in [0.15, 0.2) is 6.10 Å². The van der Waals surface area contributed by atoms with Crippen LogP contribution in [0.5, 0.6) is 0 Å². The van der Waals surface area contributed by atoms with E-state index in [4.69, 9.17) is 23.3 Å². The molecule has 0 aromatic rings. The Kier molecular flexibility index (Phi) is 47.4. The van der Waals surface area contributed by atoms with Crippen LogP contribution in [0.15, 0.2) is 36.5 Å². The summed E-state index contributed by atoms with van der Waals surface area (Å²) in [7, 11) is -4.74. The van der Waals surface area contributed by atoms with Crippen molar-refractivity contribution in [2.24, 2.45) is 0 Å². The van der Waals surface area contributed by atoms with E-state index >= 15 is 0 Å². The van der Waals surface area contributed by atoms with Gasteiger partial charge in [0.1, 0.15) is 12.7 Å². The number of hydrogen-bond donors (Lipinski definition) is 2. The monoisotopic (exact) mass is 955 g/mol. The molecule has 0 amide bonds. The molecule has 11 nitrogen and oxygen atoms in total. The zero-order chi connectivity index (χ0) is 48.4. The molecule has 0 rings (SSSR count). The number of rotatable bonds is 50. The van der Waals surface area contributed by atoms with Crippen molar-refractivity contribution in [2.45, 2.75) is 264 Å². The summed E-state index contributed by atoms with van der Waals surface area (Å²) in [4.78, 5) is 48.3. The van der Waals surface area contributed by atoms with E-state index in [1.165, 1.54) is 89.9 Å². The van der Waals surface area contributed by atoms with Crippen LogP contribution in [0.1, 0.15) is 252 Å². The van der Waals surface area contributed by atoms with Gasteiger partial charge in [0.2, 0.25) is 0 Å². The molecule has 12 heteroatoms. The summed E-state index contributed by atoms with van der Waals surface area (Å²) in [6.45, 7) is 4.54. The molecule has 0 fully saturated rings. The number of carbonyl (C=O) groups is 3. The van der Waals surface area contributed by atoms with Crippen molar-refractivity contribution < 1.29 is 52.2 Å². The Balaban J connectivity index is 4.69. The lowest BCUT2D eigenvalue weighted by Crippen LogP contribution is -2.30. The smallest absolute Gasteiger partial charge is 0.462 e. The molecule has 0 aromatic carbocycles. The van der Waals surface area contributed by atoms with E-state index in [0.29, 0.717) is 19.3 Å².